The fourth-order valence-electron chi connectivity index (χ4n) is 1.50. The molecule has 2 aromatic rings. The number of thiazole rings is 1. The topological polar surface area (TPSA) is 68.8 Å². The minimum Gasteiger partial charge on any atom is -0.271 e. The van der Waals surface area contributed by atoms with E-state index in [1.165, 1.54) is 0 Å². The third kappa shape index (κ3) is 1.92. The highest BCUT2D eigenvalue weighted by Gasteiger charge is 2.17. The summed E-state index contributed by atoms with van der Waals surface area (Å²) in [5.41, 5.74) is 4.69. The average molecular weight is 223 g/mol. The molecule has 0 amide bonds. The molecule has 80 valence electrons. The van der Waals surface area contributed by atoms with Gasteiger partial charge in [-0.05, 0) is 13.0 Å². The first-order chi connectivity index (χ1) is 7.22. The molecule has 0 aliphatic rings. The van der Waals surface area contributed by atoms with Crippen LogP contribution in [0.4, 0.5) is 0 Å². The SMILES string of the molecule is Cc1nc(C(NN)c2ccnn2C)cs1. The van der Waals surface area contributed by atoms with Gasteiger partial charge < -0.3 is 0 Å². The first-order valence-corrected chi connectivity index (χ1v) is 5.46. The lowest BCUT2D eigenvalue weighted by Crippen LogP contribution is -2.30. The molecule has 3 N–H and O–H groups in total. The van der Waals surface area contributed by atoms with Gasteiger partial charge in [-0.25, -0.2) is 10.4 Å². The normalized spacial score (nSPS) is 13.0. The van der Waals surface area contributed by atoms with E-state index < -0.39 is 0 Å². The standard InChI is InChI=1S/C9H13N5S/c1-6-12-7(5-15-6)9(13-10)8-3-4-11-14(8)2/h3-5,9,13H,10H2,1-2H3. The summed E-state index contributed by atoms with van der Waals surface area (Å²) in [4.78, 5) is 4.41. The highest BCUT2D eigenvalue weighted by molar-refractivity contribution is 7.09. The first kappa shape index (κ1) is 10.3. The summed E-state index contributed by atoms with van der Waals surface area (Å²) < 4.78 is 1.79. The average Bonchev–Trinajstić information content (AvgIpc) is 2.79. The quantitative estimate of drug-likeness (QED) is 0.595. The van der Waals surface area contributed by atoms with Gasteiger partial charge in [-0.15, -0.1) is 11.3 Å². The lowest BCUT2D eigenvalue weighted by Gasteiger charge is -2.13. The number of hydrogen-bond acceptors (Lipinski definition) is 5. The zero-order chi connectivity index (χ0) is 10.8. The molecular weight excluding hydrogens is 210 g/mol. The van der Waals surface area contributed by atoms with Crippen LogP contribution in [-0.4, -0.2) is 14.8 Å². The number of nitrogens with zero attached hydrogens (tertiary/aromatic N) is 3. The summed E-state index contributed by atoms with van der Waals surface area (Å²) in [6, 6.07) is 1.83. The first-order valence-electron chi connectivity index (χ1n) is 4.58. The molecule has 0 bridgehead atoms. The van der Waals surface area contributed by atoms with Crippen molar-refractivity contribution in [3.8, 4) is 0 Å². The Kier molecular flexibility index (Phi) is 2.81. The van der Waals surface area contributed by atoms with Crippen molar-refractivity contribution in [2.75, 3.05) is 0 Å². The van der Waals surface area contributed by atoms with Crippen molar-refractivity contribution >= 4 is 11.3 Å². The molecule has 0 aliphatic heterocycles. The molecule has 1 atom stereocenters. The van der Waals surface area contributed by atoms with Gasteiger partial charge in [-0.1, -0.05) is 0 Å². The molecule has 0 spiro atoms. The fourth-order valence-corrected chi connectivity index (χ4v) is 2.14. The largest absolute Gasteiger partial charge is 0.271 e. The Morgan fingerprint density at radius 2 is 2.40 bits per heavy atom. The monoisotopic (exact) mass is 223 g/mol. The lowest BCUT2D eigenvalue weighted by atomic mass is 10.1. The van der Waals surface area contributed by atoms with Crippen LogP contribution in [0.25, 0.3) is 0 Å². The number of nitrogens with one attached hydrogen (secondary N) is 1. The highest BCUT2D eigenvalue weighted by Crippen LogP contribution is 2.21. The van der Waals surface area contributed by atoms with Crippen LogP contribution in [0.15, 0.2) is 17.6 Å². The maximum atomic E-state index is 5.55. The summed E-state index contributed by atoms with van der Waals surface area (Å²) in [6.07, 6.45) is 1.75. The van der Waals surface area contributed by atoms with Gasteiger partial charge in [0.2, 0.25) is 0 Å². The van der Waals surface area contributed by atoms with Crippen LogP contribution in [0.2, 0.25) is 0 Å². The second-order valence-electron chi connectivity index (χ2n) is 3.27. The zero-order valence-corrected chi connectivity index (χ0v) is 9.45. The molecule has 2 aromatic heterocycles. The Balaban J connectivity index is 2.36. The molecule has 15 heavy (non-hydrogen) atoms. The van der Waals surface area contributed by atoms with E-state index >= 15 is 0 Å². The molecule has 0 saturated heterocycles. The fraction of sp³-hybridized carbons (Fsp3) is 0.333. The van der Waals surface area contributed by atoms with E-state index in [1.807, 2.05) is 25.4 Å². The van der Waals surface area contributed by atoms with Crippen LogP contribution < -0.4 is 11.3 Å². The van der Waals surface area contributed by atoms with Crippen molar-refractivity contribution in [1.82, 2.24) is 20.2 Å². The maximum absolute atomic E-state index is 5.55. The van der Waals surface area contributed by atoms with Gasteiger partial charge in [0.05, 0.1) is 16.4 Å². The van der Waals surface area contributed by atoms with Gasteiger partial charge in [0, 0.05) is 18.6 Å². The molecule has 0 radical (unpaired) electrons. The Labute approximate surface area is 91.9 Å². The Bertz CT molecular complexity index is 447. The van der Waals surface area contributed by atoms with E-state index in [2.05, 4.69) is 15.5 Å². The van der Waals surface area contributed by atoms with Gasteiger partial charge in [-0.2, -0.15) is 5.10 Å². The third-order valence-corrected chi connectivity index (χ3v) is 3.05. The summed E-state index contributed by atoms with van der Waals surface area (Å²) in [7, 11) is 1.89. The van der Waals surface area contributed by atoms with Gasteiger partial charge in [-0.3, -0.25) is 10.5 Å². The van der Waals surface area contributed by atoms with Crippen LogP contribution in [0.3, 0.4) is 0 Å². The molecule has 0 saturated carbocycles. The minimum atomic E-state index is -0.0950. The molecule has 2 rings (SSSR count). The molecule has 2 heterocycles. The predicted octanol–water partition coefficient (Wildman–Crippen LogP) is 0.738. The maximum Gasteiger partial charge on any atom is 0.106 e. The van der Waals surface area contributed by atoms with Crippen LogP contribution in [-0.2, 0) is 7.05 Å². The second-order valence-corrected chi connectivity index (χ2v) is 4.33. The van der Waals surface area contributed by atoms with Gasteiger partial charge >= 0.3 is 0 Å². The smallest absolute Gasteiger partial charge is 0.106 e. The molecule has 0 fully saturated rings. The Morgan fingerprint density at radius 3 is 2.87 bits per heavy atom. The third-order valence-electron chi connectivity index (χ3n) is 2.25. The zero-order valence-electron chi connectivity index (χ0n) is 8.64. The summed E-state index contributed by atoms with van der Waals surface area (Å²) in [5.74, 6) is 5.55. The summed E-state index contributed by atoms with van der Waals surface area (Å²) >= 11 is 1.61. The van der Waals surface area contributed by atoms with Crippen LogP contribution in [0.5, 0.6) is 0 Å². The van der Waals surface area contributed by atoms with E-state index in [0.717, 1.165) is 16.4 Å². The molecule has 1 unspecified atom stereocenters. The van der Waals surface area contributed by atoms with Crippen molar-refractivity contribution < 1.29 is 0 Å². The number of aryl methyl sites for hydroxylation is 2. The van der Waals surface area contributed by atoms with Crippen molar-refractivity contribution in [2.24, 2.45) is 12.9 Å². The highest BCUT2D eigenvalue weighted by atomic mass is 32.1. The Morgan fingerprint density at radius 1 is 1.60 bits per heavy atom. The van der Waals surface area contributed by atoms with E-state index in [9.17, 15) is 0 Å². The van der Waals surface area contributed by atoms with Gasteiger partial charge in [0.1, 0.15) is 6.04 Å². The number of aromatic nitrogens is 3. The van der Waals surface area contributed by atoms with Gasteiger partial charge in [0.25, 0.3) is 0 Å². The van der Waals surface area contributed by atoms with E-state index in [4.69, 9.17) is 5.84 Å². The van der Waals surface area contributed by atoms with Crippen LogP contribution in [0.1, 0.15) is 22.4 Å². The molecule has 0 aliphatic carbocycles. The molecular formula is C9H13N5S. The number of hydrazine groups is 1. The lowest BCUT2D eigenvalue weighted by molar-refractivity contribution is 0.565. The van der Waals surface area contributed by atoms with Crippen LogP contribution >= 0.6 is 11.3 Å². The second kappa shape index (κ2) is 4.09. The number of rotatable bonds is 3. The van der Waals surface area contributed by atoms with E-state index in [0.29, 0.717) is 0 Å². The summed E-state index contributed by atoms with van der Waals surface area (Å²) in [6.45, 7) is 1.98. The van der Waals surface area contributed by atoms with Crippen molar-refractivity contribution in [3.05, 3.63) is 34.0 Å². The van der Waals surface area contributed by atoms with E-state index in [1.54, 1.807) is 22.2 Å². The van der Waals surface area contributed by atoms with Gasteiger partial charge in [0.15, 0.2) is 0 Å². The minimum absolute atomic E-state index is 0.0950. The van der Waals surface area contributed by atoms with Crippen molar-refractivity contribution in [2.45, 2.75) is 13.0 Å². The number of nitrogens with two attached hydrogens (primary N) is 1. The summed E-state index contributed by atoms with van der Waals surface area (Å²) in [5, 5.41) is 7.16. The molecule has 5 nitrogen and oxygen atoms in total. The Hall–Kier alpha value is -1.24. The number of hydrogen-bond donors (Lipinski definition) is 2. The van der Waals surface area contributed by atoms with E-state index in [-0.39, 0.29) is 6.04 Å². The van der Waals surface area contributed by atoms with Crippen molar-refractivity contribution in [1.29, 1.82) is 0 Å². The molecule has 6 heteroatoms. The molecule has 0 aromatic carbocycles. The predicted molar refractivity (Wildman–Crippen MR) is 59.2 cm³/mol. The van der Waals surface area contributed by atoms with Crippen LogP contribution in [0, 0.1) is 6.92 Å². The van der Waals surface area contributed by atoms with Crippen molar-refractivity contribution in [3.63, 3.8) is 0 Å².